The van der Waals surface area contributed by atoms with Gasteiger partial charge in [-0.15, -0.1) is 0 Å². The SMILES string of the molecule is Nc1ccccn1.[Sn]. The number of rotatable bonds is 0. The van der Waals surface area contributed by atoms with Crippen molar-refractivity contribution in [2.24, 2.45) is 0 Å². The molecule has 40 valence electrons. The van der Waals surface area contributed by atoms with Gasteiger partial charge in [0.05, 0.1) is 0 Å². The van der Waals surface area contributed by atoms with E-state index < -0.39 is 0 Å². The van der Waals surface area contributed by atoms with Crippen LogP contribution in [-0.4, -0.2) is 28.9 Å². The minimum Gasteiger partial charge on any atom is -0.384 e. The molecule has 0 fully saturated rings. The molecule has 8 heavy (non-hydrogen) atoms. The molecule has 0 saturated heterocycles. The Morgan fingerprint density at radius 3 is 2.38 bits per heavy atom. The summed E-state index contributed by atoms with van der Waals surface area (Å²) in [5.41, 5.74) is 5.25. The third-order valence-corrected chi connectivity index (χ3v) is 0.688. The Morgan fingerprint density at radius 1 is 1.38 bits per heavy atom. The van der Waals surface area contributed by atoms with Gasteiger partial charge in [0.2, 0.25) is 0 Å². The predicted molar refractivity (Wildman–Crippen MR) is 34.4 cm³/mol. The molecule has 0 aliphatic carbocycles. The summed E-state index contributed by atoms with van der Waals surface area (Å²) in [4.78, 5) is 3.76. The van der Waals surface area contributed by atoms with Gasteiger partial charge < -0.3 is 5.73 Å². The normalized spacial score (nSPS) is 7.50. The molecule has 0 atom stereocenters. The first-order chi connectivity index (χ1) is 3.39. The molecule has 0 spiro atoms. The Labute approximate surface area is 65.1 Å². The molecule has 0 aliphatic rings. The van der Waals surface area contributed by atoms with Crippen molar-refractivity contribution in [1.82, 2.24) is 4.98 Å². The van der Waals surface area contributed by atoms with Crippen molar-refractivity contribution in [3.05, 3.63) is 24.4 Å². The second kappa shape index (κ2) is 3.71. The van der Waals surface area contributed by atoms with Crippen LogP contribution in [0.5, 0.6) is 0 Å². The van der Waals surface area contributed by atoms with E-state index >= 15 is 0 Å². The minimum absolute atomic E-state index is 0. The van der Waals surface area contributed by atoms with E-state index in [1.165, 1.54) is 0 Å². The van der Waals surface area contributed by atoms with Gasteiger partial charge in [0.1, 0.15) is 5.82 Å². The van der Waals surface area contributed by atoms with Gasteiger partial charge in [-0.05, 0) is 12.1 Å². The summed E-state index contributed by atoms with van der Waals surface area (Å²) >= 11 is 0. The fourth-order valence-corrected chi connectivity index (χ4v) is 0.376. The number of anilines is 1. The first kappa shape index (κ1) is 7.75. The van der Waals surface area contributed by atoms with Crippen LogP contribution in [0.1, 0.15) is 0 Å². The number of pyridine rings is 1. The second-order valence-corrected chi connectivity index (χ2v) is 1.25. The third-order valence-electron chi connectivity index (χ3n) is 0.688. The fraction of sp³-hybridized carbons (Fsp3) is 0. The number of nitrogen functional groups attached to an aromatic ring is 1. The minimum atomic E-state index is 0. The van der Waals surface area contributed by atoms with Crippen LogP contribution in [0.2, 0.25) is 0 Å². The van der Waals surface area contributed by atoms with Gasteiger partial charge in [0.15, 0.2) is 0 Å². The van der Waals surface area contributed by atoms with Crippen LogP contribution in [0.4, 0.5) is 5.82 Å². The number of nitrogens with two attached hydrogens (primary N) is 1. The molecule has 1 aromatic rings. The first-order valence-corrected chi connectivity index (χ1v) is 2.06. The van der Waals surface area contributed by atoms with E-state index in [1.807, 2.05) is 12.1 Å². The summed E-state index contributed by atoms with van der Waals surface area (Å²) in [5.74, 6) is 0.572. The van der Waals surface area contributed by atoms with E-state index in [4.69, 9.17) is 5.73 Å². The molecular formula is C5H6N2Sn. The molecule has 1 rings (SSSR count). The van der Waals surface area contributed by atoms with Gasteiger partial charge in [0.25, 0.3) is 0 Å². The fourth-order valence-electron chi connectivity index (χ4n) is 0.376. The topological polar surface area (TPSA) is 38.9 Å². The van der Waals surface area contributed by atoms with E-state index in [-0.39, 0.29) is 23.9 Å². The van der Waals surface area contributed by atoms with E-state index in [1.54, 1.807) is 12.3 Å². The van der Waals surface area contributed by atoms with Gasteiger partial charge in [-0.2, -0.15) is 0 Å². The molecular weight excluding hydrogens is 207 g/mol. The van der Waals surface area contributed by atoms with Gasteiger partial charge >= 0.3 is 0 Å². The van der Waals surface area contributed by atoms with E-state index in [9.17, 15) is 0 Å². The molecule has 1 heterocycles. The smallest absolute Gasteiger partial charge is 0.123 e. The van der Waals surface area contributed by atoms with Crippen LogP contribution in [0.15, 0.2) is 24.4 Å². The summed E-state index contributed by atoms with van der Waals surface area (Å²) < 4.78 is 0. The van der Waals surface area contributed by atoms with E-state index in [2.05, 4.69) is 4.98 Å². The zero-order valence-corrected chi connectivity index (χ0v) is 7.19. The third kappa shape index (κ3) is 2.16. The summed E-state index contributed by atoms with van der Waals surface area (Å²) in [5, 5.41) is 0. The Hall–Kier alpha value is -0.251. The molecule has 0 bridgehead atoms. The van der Waals surface area contributed by atoms with Crippen LogP contribution in [0.3, 0.4) is 0 Å². The molecule has 1 aromatic heterocycles. The van der Waals surface area contributed by atoms with Gasteiger partial charge in [-0.3, -0.25) is 0 Å². The van der Waals surface area contributed by atoms with E-state index in [0.29, 0.717) is 5.82 Å². The molecule has 0 aliphatic heterocycles. The Balaban J connectivity index is 0.000000490. The van der Waals surface area contributed by atoms with Gasteiger partial charge in [-0.25, -0.2) is 4.98 Å². The summed E-state index contributed by atoms with van der Waals surface area (Å²) in [6.07, 6.45) is 1.66. The quantitative estimate of drug-likeness (QED) is 0.628. The summed E-state index contributed by atoms with van der Waals surface area (Å²) in [6, 6.07) is 5.43. The Bertz CT molecular complexity index is 140. The molecule has 0 amide bonds. The molecule has 3 heteroatoms. The number of hydrogen-bond acceptors (Lipinski definition) is 2. The maximum absolute atomic E-state index is 5.25. The average Bonchev–Trinajstić information content (AvgIpc) is 1.69. The van der Waals surface area contributed by atoms with Crippen molar-refractivity contribution in [3.63, 3.8) is 0 Å². The van der Waals surface area contributed by atoms with Crippen LogP contribution in [0.25, 0.3) is 0 Å². The Kier molecular flexibility index (Phi) is 3.60. The number of hydrogen-bond donors (Lipinski definition) is 1. The summed E-state index contributed by atoms with van der Waals surface area (Å²) in [6.45, 7) is 0. The molecule has 0 aromatic carbocycles. The molecule has 0 unspecified atom stereocenters. The van der Waals surface area contributed by atoms with Crippen molar-refractivity contribution in [3.8, 4) is 0 Å². The van der Waals surface area contributed by atoms with E-state index in [0.717, 1.165) is 0 Å². The predicted octanol–water partition coefficient (Wildman–Crippen LogP) is 0.283. The molecule has 0 saturated carbocycles. The molecule has 2 nitrogen and oxygen atoms in total. The van der Waals surface area contributed by atoms with Gasteiger partial charge in [0, 0.05) is 30.1 Å². The largest absolute Gasteiger partial charge is 0.384 e. The zero-order valence-electron chi connectivity index (χ0n) is 4.33. The van der Waals surface area contributed by atoms with Crippen molar-refractivity contribution in [2.75, 3.05) is 5.73 Å². The van der Waals surface area contributed by atoms with Crippen LogP contribution < -0.4 is 5.73 Å². The Morgan fingerprint density at radius 2 is 2.12 bits per heavy atom. The second-order valence-electron chi connectivity index (χ2n) is 1.25. The zero-order chi connectivity index (χ0) is 5.11. The first-order valence-electron chi connectivity index (χ1n) is 2.06. The van der Waals surface area contributed by atoms with Crippen LogP contribution >= 0.6 is 0 Å². The monoisotopic (exact) mass is 214 g/mol. The van der Waals surface area contributed by atoms with Crippen molar-refractivity contribution >= 4 is 29.7 Å². The van der Waals surface area contributed by atoms with Crippen LogP contribution in [0, 0.1) is 0 Å². The number of nitrogens with zero attached hydrogens (tertiary/aromatic N) is 1. The molecule has 2 N–H and O–H groups in total. The maximum Gasteiger partial charge on any atom is 0.123 e. The average molecular weight is 213 g/mol. The maximum atomic E-state index is 5.25. The van der Waals surface area contributed by atoms with Crippen molar-refractivity contribution < 1.29 is 0 Å². The van der Waals surface area contributed by atoms with Crippen LogP contribution in [-0.2, 0) is 0 Å². The summed E-state index contributed by atoms with van der Waals surface area (Å²) in [7, 11) is 0. The van der Waals surface area contributed by atoms with Crippen molar-refractivity contribution in [2.45, 2.75) is 0 Å². The number of aromatic nitrogens is 1. The van der Waals surface area contributed by atoms with Gasteiger partial charge in [-0.1, -0.05) is 6.07 Å². The molecule has 4 radical (unpaired) electrons. The van der Waals surface area contributed by atoms with Crippen molar-refractivity contribution in [1.29, 1.82) is 0 Å². The standard InChI is InChI=1S/C5H6N2.Sn/c6-5-3-1-2-4-7-5;/h1-4H,(H2,6,7);.